The molecule has 4 nitrogen and oxygen atoms in total. The third-order valence-corrected chi connectivity index (χ3v) is 2.60. The molecule has 0 spiro atoms. The Hall–Kier alpha value is -1.91. The normalized spacial score (nSPS) is 11.9. The van der Waals surface area contributed by atoms with Gasteiger partial charge in [-0.25, -0.2) is 4.39 Å². The predicted octanol–water partition coefficient (Wildman–Crippen LogP) is 1.60. The van der Waals surface area contributed by atoms with Gasteiger partial charge in [-0.1, -0.05) is 19.1 Å². The van der Waals surface area contributed by atoms with E-state index in [1.807, 2.05) is 0 Å². The highest BCUT2D eigenvalue weighted by Crippen LogP contribution is 2.04. The zero-order chi connectivity index (χ0) is 13.5. The summed E-state index contributed by atoms with van der Waals surface area (Å²) in [7, 11) is 0. The van der Waals surface area contributed by atoms with Crippen LogP contribution in [0.3, 0.4) is 0 Å². The minimum atomic E-state index is -0.872. The lowest BCUT2D eigenvalue weighted by Crippen LogP contribution is -2.28. The first kappa shape index (κ1) is 14.2. The zero-order valence-electron chi connectivity index (χ0n) is 10.1. The second-order valence-corrected chi connectivity index (χ2v) is 4.18. The number of aliphatic carboxylic acids is 1. The largest absolute Gasteiger partial charge is 0.481 e. The quantitative estimate of drug-likeness (QED) is 0.809. The van der Waals surface area contributed by atoms with Gasteiger partial charge in [0.05, 0.1) is 12.3 Å². The number of rotatable bonds is 6. The summed E-state index contributed by atoms with van der Waals surface area (Å²) in [5.74, 6) is -1.88. The fourth-order valence-corrected chi connectivity index (χ4v) is 1.40. The van der Waals surface area contributed by atoms with E-state index in [0.717, 1.165) is 5.56 Å². The smallest absolute Gasteiger partial charge is 0.306 e. The minimum absolute atomic E-state index is 0.168. The van der Waals surface area contributed by atoms with E-state index in [2.05, 4.69) is 5.32 Å². The topological polar surface area (TPSA) is 66.4 Å². The first-order chi connectivity index (χ1) is 8.49. The van der Waals surface area contributed by atoms with Gasteiger partial charge in [-0.15, -0.1) is 0 Å². The van der Waals surface area contributed by atoms with Gasteiger partial charge in [-0.3, -0.25) is 9.59 Å². The molecule has 1 aromatic rings. The Balaban J connectivity index is 2.30. The second kappa shape index (κ2) is 6.74. The van der Waals surface area contributed by atoms with Gasteiger partial charge < -0.3 is 10.4 Å². The molecule has 1 amide bonds. The van der Waals surface area contributed by atoms with Gasteiger partial charge >= 0.3 is 5.97 Å². The van der Waals surface area contributed by atoms with E-state index in [1.165, 1.54) is 12.1 Å². The number of nitrogens with one attached hydrogen (secondary N) is 1. The number of carbonyl (C=O) groups excluding carboxylic acids is 1. The third-order valence-electron chi connectivity index (χ3n) is 2.60. The summed E-state index contributed by atoms with van der Waals surface area (Å²) in [6.45, 7) is 1.92. The van der Waals surface area contributed by atoms with Crippen LogP contribution in [0.5, 0.6) is 0 Å². The van der Waals surface area contributed by atoms with Gasteiger partial charge in [0, 0.05) is 6.54 Å². The molecular weight excluding hydrogens is 237 g/mol. The summed E-state index contributed by atoms with van der Waals surface area (Å²) < 4.78 is 12.6. The van der Waals surface area contributed by atoms with Crippen LogP contribution in [0, 0.1) is 11.7 Å². The molecule has 1 unspecified atom stereocenters. The molecule has 0 aromatic heterocycles. The van der Waals surface area contributed by atoms with Gasteiger partial charge in [0.25, 0.3) is 0 Å². The van der Waals surface area contributed by atoms with E-state index < -0.39 is 11.9 Å². The lowest BCUT2D eigenvalue weighted by molar-refractivity contribution is -0.141. The Morgan fingerprint density at radius 3 is 2.50 bits per heavy atom. The monoisotopic (exact) mass is 253 g/mol. The Morgan fingerprint density at radius 1 is 1.33 bits per heavy atom. The van der Waals surface area contributed by atoms with E-state index in [1.54, 1.807) is 19.1 Å². The molecule has 0 bridgehead atoms. The summed E-state index contributed by atoms with van der Waals surface area (Å²) in [5.41, 5.74) is 0.722. The van der Waals surface area contributed by atoms with Crippen molar-refractivity contribution in [3.05, 3.63) is 35.6 Å². The van der Waals surface area contributed by atoms with E-state index in [0.29, 0.717) is 13.0 Å². The number of benzene rings is 1. The van der Waals surface area contributed by atoms with Crippen LogP contribution in [0.1, 0.15) is 18.9 Å². The van der Waals surface area contributed by atoms with Gasteiger partial charge in [0.15, 0.2) is 0 Å². The molecule has 0 saturated carbocycles. The van der Waals surface area contributed by atoms with Crippen molar-refractivity contribution in [3.8, 4) is 0 Å². The number of amides is 1. The van der Waals surface area contributed by atoms with Crippen molar-refractivity contribution in [2.45, 2.75) is 19.8 Å². The average Bonchev–Trinajstić information content (AvgIpc) is 2.32. The fraction of sp³-hybridized carbons (Fsp3) is 0.385. The van der Waals surface area contributed by atoms with Crippen LogP contribution in [0.15, 0.2) is 24.3 Å². The molecule has 1 atom stereocenters. The standard InChI is InChI=1S/C13H16FNO3/c1-9(13(17)18)6-7-15-12(16)8-10-2-4-11(14)5-3-10/h2-5,9H,6-8H2,1H3,(H,15,16)(H,17,18). The number of hydrogen-bond acceptors (Lipinski definition) is 2. The minimum Gasteiger partial charge on any atom is -0.481 e. The highest BCUT2D eigenvalue weighted by molar-refractivity contribution is 5.78. The van der Waals surface area contributed by atoms with Gasteiger partial charge in [-0.2, -0.15) is 0 Å². The van der Waals surface area contributed by atoms with Crippen molar-refractivity contribution in [2.24, 2.45) is 5.92 Å². The molecule has 18 heavy (non-hydrogen) atoms. The van der Waals surface area contributed by atoms with Crippen molar-refractivity contribution in [1.82, 2.24) is 5.32 Å². The molecule has 1 rings (SSSR count). The number of carboxylic acid groups (broad SMARTS) is 1. The van der Waals surface area contributed by atoms with Crippen LogP contribution in [0.4, 0.5) is 4.39 Å². The first-order valence-electron chi connectivity index (χ1n) is 5.73. The summed E-state index contributed by atoms with van der Waals surface area (Å²) in [5, 5.41) is 11.3. The molecule has 1 aromatic carbocycles. The lowest BCUT2D eigenvalue weighted by Gasteiger charge is -2.07. The summed E-state index contributed by atoms with van der Waals surface area (Å²) in [4.78, 5) is 22.0. The van der Waals surface area contributed by atoms with Crippen molar-refractivity contribution in [2.75, 3.05) is 6.54 Å². The maximum Gasteiger partial charge on any atom is 0.306 e. The van der Waals surface area contributed by atoms with Crippen LogP contribution in [-0.4, -0.2) is 23.5 Å². The summed E-state index contributed by atoms with van der Waals surface area (Å²) in [6, 6.07) is 5.70. The molecule has 2 N–H and O–H groups in total. The predicted molar refractivity (Wildman–Crippen MR) is 64.5 cm³/mol. The van der Waals surface area contributed by atoms with Crippen molar-refractivity contribution < 1.29 is 19.1 Å². The molecule has 0 saturated heterocycles. The van der Waals surface area contributed by atoms with Crippen molar-refractivity contribution in [1.29, 1.82) is 0 Å². The molecule has 5 heteroatoms. The molecule has 0 radical (unpaired) electrons. The van der Waals surface area contributed by atoms with Gasteiger partial charge in [-0.05, 0) is 24.1 Å². The van der Waals surface area contributed by atoms with E-state index in [-0.39, 0.29) is 18.1 Å². The van der Waals surface area contributed by atoms with Crippen LogP contribution in [-0.2, 0) is 16.0 Å². The highest BCUT2D eigenvalue weighted by atomic mass is 19.1. The Morgan fingerprint density at radius 2 is 1.94 bits per heavy atom. The van der Waals surface area contributed by atoms with E-state index in [4.69, 9.17) is 5.11 Å². The summed E-state index contributed by atoms with van der Waals surface area (Å²) >= 11 is 0. The number of hydrogen-bond donors (Lipinski definition) is 2. The van der Waals surface area contributed by atoms with Crippen molar-refractivity contribution >= 4 is 11.9 Å². The Labute approximate surface area is 105 Å². The van der Waals surface area contributed by atoms with Crippen LogP contribution < -0.4 is 5.32 Å². The molecule has 0 fully saturated rings. The van der Waals surface area contributed by atoms with Crippen molar-refractivity contribution in [3.63, 3.8) is 0 Å². The number of carbonyl (C=O) groups is 2. The molecule has 0 aliphatic rings. The molecular formula is C13H16FNO3. The first-order valence-corrected chi connectivity index (χ1v) is 5.73. The molecule has 0 aliphatic heterocycles. The second-order valence-electron chi connectivity index (χ2n) is 4.18. The number of carboxylic acids is 1. The van der Waals surface area contributed by atoms with Gasteiger partial charge in [0.1, 0.15) is 5.82 Å². The SMILES string of the molecule is CC(CCNC(=O)Cc1ccc(F)cc1)C(=O)O. The van der Waals surface area contributed by atoms with E-state index >= 15 is 0 Å². The average molecular weight is 253 g/mol. The van der Waals surface area contributed by atoms with Gasteiger partial charge in [0.2, 0.25) is 5.91 Å². The maximum atomic E-state index is 12.6. The van der Waals surface area contributed by atoms with E-state index in [9.17, 15) is 14.0 Å². The molecule has 0 aliphatic carbocycles. The number of halogens is 1. The Kier molecular flexibility index (Phi) is 5.30. The summed E-state index contributed by atoms with van der Waals surface area (Å²) in [6.07, 6.45) is 0.562. The van der Waals surface area contributed by atoms with Crippen LogP contribution in [0.25, 0.3) is 0 Å². The zero-order valence-corrected chi connectivity index (χ0v) is 10.1. The van der Waals surface area contributed by atoms with Crippen LogP contribution in [0.2, 0.25) is 0 Å². The molecule has 0 heterocycles. The third kappa shape index (κ3) is 4.95. The lowest BCUT2D eigenvalue weighted by atomic mass is 10.1. The Bertz CT molecular complexity index is 417. The van der Waals surface area contributed by atoms with Crippen LogP contribution >= 0.6 is 0 Å². The highest BCUT2D eigenvalue weighted by Gasteiger charge is 2.11. The molecule has 98 valence electrons. The fourth-order valence-electron chi connectivity index (χ4n) is 1.40. The maximum absolute atomic E-state index is 12.6.